The summed E-state index contributed by atoms with van der Waals surface area (Å²) in [6.07, 6.45) is -0.709. The van der Waals surface area contributed by atoms with Crippen molar-refractivity contribution in [1.82, 2.24) is 0 Å². The minimum Gasteiger partial charge on any atom is -0.433 e. The van der Waals surface area contributed by atoms with Crippen LogP contribution in [-0.2, 0) is 9.47 Å². The molecule has 0 aromatic heterocycles. The van der Waals surface area contributed by atoms with Crippen LogP contribution in [0.15, 0.2) is 0 Å². The standard InChI is InChI=1S/C6H9ClO4/c1-6(4(7)8)2-10-5(9)11-3-6/h4,8H,2-3H2,1H3. The highest BCUT2D eigenvalue weighted by Gasteiger charge is 2.38. The van der Waals surface area contributed by atoms with Gasteiger partial charge in [0.1, 0.15) is 18.8 Å². The molecular formula is C6H9ClO4. The van der Waals surface area contributed by atoms with E-state index in [-0.39, 0.29) is 13.2 Å². The largest absolute Gasteiger partial charge is 0.508 e. The summed E-state index contributed by atoms with van der Waals surface area (Å²) < 4.78 is 9.10. The molecule has 0 aliphatic carbocycles. The van der Waals surface area contributed by atoms with Crippen LogP contribution >= 0.6 is 11.6 Å². The smallest absolute Gasteiger partial charge is 0.433 e. The van der Waals surface area contributed by atoms with Gasteiger partial charge in [-0.05, 0) is 6.92 Å². The molecule has 0 saturated carbocycles. The van der Waals surface area contributed by atoms with Crippen LogP contribution in [0.3, 0.4) is 0 Å². The number of aliphatic hydroxyl groups excluding tert-OH is 1. The van der Waals surface area contributed by atoms with Gasteiger partial charge in [-0.25, -0.2) is 4.79 Å². The normalized spacial score (nSPS) is 25.2. The molecule has 0 bridgehead atoms. The fourth-order valence-corrected chi connectivity index (χ4v) is 0.794. The fraction of sp³-hybridized carbons (Fsp3) is 0.833. The SMILES string of the molecule is CC1(C(O)Cl)COC(=O)OC1. The third kappa shape index (κ3) is 1.75. The number of alkyl halides is 1. The zero-order chi connectivity index (χ0) is 8.48. The minimum absolute atomic E-state index is 0.0938. The van der Waals surface area contributed by atoms with Crippen LogP contribution < -0.4 is 0 Å². The molecule has 0 spiro atoms. The van der Waals surface area contributed by atoms with Crippen molar-refractivity contribution in [2.45, 2.75) is 12.5 Å². The van der Waals surface area contributed by atoms with E-state index in [0.29, 0.717) is 0 Å². The van der Waals surface area contributed by atoms with Crippen molar-refractivity contribution in [2.24, 2.45) is 5.41 Å². The molecule has 1 N–H and O–H groups in total. The van der Waals surface area contributed by atoms with Gasteiger partial charge in [0.2, 0.25) is 0 Å². The van der Waals surface area contributed by atoms with Gasteiger partial charge in [-0.1, -0.05) is 11.6 Å². The third-order valence-electron chi connectivity index (χ3n) is 1.61. The number of halogens is 1. The molecular weight excluding hydrogens is 172 g/mol. The first-order valence-corrected chi connectivity index (χ1v) is 3.60. The van der Waals surface area contributed by atoms with Gasteiger partial charge in [-0.15, -0.1) is 0 Å². The predicted octanol–water partition coefficient (Wildman–Crippen LogP) is 0.717. The van der Waals surface area contributed by atoms with E-state index in [1.165, 1.54) is 0 Å². The lowest BCUT2D eigenvalue weighted by molar-refractivity contribution is -0.0821. The maximum atomic E-state index is 10.4. The maximum Gasteiger partial charge on any atom is 0.508 e. The van der Waals surface area contributed by atoms with E-state index < -0.39 is 17.1 Å². The van der Waals surface area contributed by atoms with Crippen LogP contribution in [-0.4, -0.2) is 30.0 Å². The van der Waals surface area contributed by atoms with Crippen LogP contribution in [0, 0.1) is 5.41 Å². The second kappa shape index (κ2) is 2.87. The van der Waals surface area contributed by atoms with Gasteiger partial charge in [0.05, 0.1) is 5.41 Å². The summed E-state index contributed by atoms with van der Waals surface area (Å²) in [5.41, 5.74) is -1.74. The Labute approximate surface area is 69.0 Å². The number of rotatable bonds is 1. The molecule has 1 heterocycles. The lowest BCUT2D eigenvalue weighted by Gasteiger charge is -2.32. The van der Waals surface area contributed by atoms with Crippen molar-refractivity contribution in [3.63, 3.8) is 0 Å². The van der Waals surface area contributed by atoms with Crippen LogP contribution in [0.2, 0.25) is 0 Å². The molecule has 1 atom stereocenters. The molecule has 1 unspecified atom stereocenters. The Bertz CT molecular complexity index is 158. The zero-order valence-corrected chi connectivity index (χ0v) is 6.80. The molecule has 1 aliphatic rings. The van der Waals surface area contributed by atoms with Crippen LogP contribution in [0.1, 0.15) is 6.92 Å². The van der Waals surface area contributed by atoms with Crippen LogP contribution in [0.4, 0.5) is 4.79 Å². The number of hydrogen-bond acceptors (Lipinski definition) is 4. The summed E-state index contributed by atoms with van der Waals surface area (Å²) in [6, 6.07) is 0. The molecule has 64 valence electrons. The van der Waals surface area contributed by atoms with E-state index in [1.54, 1.807) is 6.92 Å². The monoisotopic (exact) mass is 180 g/mol. The lowest BCUT2D eigenvalue weighted by atomic mass is 9.93. The molecule has 1 aliphatic heterocycles. The first-order valence-electron chi connectivity index (χ1n) is 3.16. The summed E-state index contributed by atoms with van der Waals surface area (Å²) in [6.45, 7) is 1.87. The predicted molar refractivity (Wildman–Crippen MR) is 37.3 cm³/mol. The van der Waals surface area contributed by atoms with Crippen LogP contribution in [0.25, 0.3) is 0 Å². The van der Waals surface area contributed by atoms with E-state index in [9.17, 15) is 4.79 Å². The number of ether oxygens (including phenoxy) is 2. The number of carbonyl (C=O) groups is 1. The van der Waals surface area contributed by atoms with Crippen molar-refractivity contribution in [2.75, 3.05) is 13.2 Å². The second-order valence-electron chi connectivity index (χ2n) is 2.82. The number of carbonyl (C=O) groups excluding carboxylic acids is 1. The Hall–Kier alpha value is -0.480. The molecule has 0 amide bonds. The van der Waals surface area contributed by atoms with Gasteiger partial charge < -0.3 is 14.6 Å². The van der Waals surface area contributed by atoms with Gasteiger partial charge in [0, 0.05) is 0 Å². The van der Waals surface area contributed by atoms with Crippen molar-refractivity contribution in [3.8, 4) is 0 Å². The molecule has 0 aromatic carbocycles. The van der Waals surface area contributed by atoms with Gasteiger partial charge >= 0.3 is 6.16 Å². The number of aliphatic hydroxyl groups is 1. The van der Waals surface area contributed by atoms with E-state index >= 15 is 0 Å². The molecule has 4 nitrogen and oxygen atoms in total. The Morgan fingerprint density at radius 1 is 1.64 bits per heavy atom. The zero-order valence-electron chi connectivity index (χ0n) is 6.04. The minimum atomic E-state index is -1.06. The summed E-state index contributed by atoms with van der Waals surface area (Å²) in [7, 11) is 0. The van der Waals surface area contributed by atoms with Gasteiger partial charge in [0.15, 0.2) is 0 Å². The summed E-state index contributed by atoms with van der Waals surface area (Å²) in [4.78, 5) is 10.4. The lowest BCUT2D eigenvalue weighted by Crippen LogP contribution is -2.43. The van der Waals surface area contributed by atoms with Gasteiger partial charge in [0.25, 0.3) is 0 Å². The Balaban J connectivity index is 2.55. The molecule has 1 saturated heterocycles. The molecule has 0 aromatic rings. The van der Waals surface area contributed by atoms with E-state index in [1.807, 2.05) is 0 Å². The Morgan fingerprint density at radius 3 is 2.45 bits per heavy atom. The van der Waals surface area contributed by atoms with E-state index in [2.05, 4.69) is 9.47 Å². The summed E-state index contributed by atoms with van der Waals surface area (Å²) >= 11 is 5.43. The molecule has 11 heavy (non-hydrogen) atoms. The third-order valence-corrected chi connectivity index (χ3v) is 2.14. The molecule has 1 fully saturated rings. The quantitative estimate of drug-likeness (QED) is 0.477. The number of cyclic esters (lactones) is 2. The molecule has 0 radical (unpaired) electrons. The highest BCUT2D eigenvalue weighted by Crippen LogP contribution is 2.28. The average Bonchev–Trinajstić information content (AvgIpc) is 1.95. The first kappa shape index (κ1) is 8.62. The summed E-state index contributed by atoms with van der Waals surface area (Å²) in [5, 5.41) is 9.02. The van der Waals surface area contributed by atoms with E-state index in [4.69, 9.17) is 16.7 Å². The van der Waals surface area contributed by atoms with E-state index in [0.717, 1.165) is 0 Å². The van der Waals surface area contributed by atoms with Crippen molar-refractivity contribution >= 4 is 17.8 Å². The topological polar surface area (TPSA) is 55.8 Å². The highest BCUT2D eigenvalue weighted by atomic mass is 35.5. The molecule has 1 rings (SSSR count). The average molecular weight is 181 g/mol. The maximum absolute atomic E-state index is 10.4. The fourth-order valence-electron chi connectivity index (χ4n) is 0.668. The van der Waals surface area contributed by atoms with Crippen molar-refractivity contribution < 1.29 is 19.4 Å². The Morgan fingerprint density at radius 2 is 2.09 bits per heavy atom. The Kier molecular flexibility index (Phi) is 2.25. The molecule has 5 heteroatoms. The number of hydrogen-bond donors (Lipinski definition) is 1. The summed E-state index contributed by atoms with van der Waals surface area (Å²) in [5.74, 6) is 0. The van der Waals surface area contributed by atoms with Gasteiger partial charge in [-0.2, -0.15) is 0 Å². The highest BCUT2D eigenvalue weighted by molar-refractivity contribution is 6.20. The van der Waals surface area contributed by atoms with Crippen molar-refractivity contribution in [3.05, 3.63) is 0 Å². The van der Waals surface area contributed by atoms with Crippen molar-refractivity contribution in [1.29, 1.82) is 0 Å². The first-order chi connectivity index (χ1) is 5.04. The van der Waals surface area contributed by atoms with Crippen LogP contribution in [0.5, 0.6) is 0 Å². The second-order valence-corrected chi connectivity index (χ2v) is 3.23. The van der Waals surface area contributed by atoms with Gasteiger partial charge in [-0.3, -0.25) is 0 Å².